The molecular weight excluding hydrogens is 498 g/mol. The van der Waals surface area contributed by atoms with E-state index in [4.69, 9.17) is 30.5 Å². The van der Waals surface area contributed by atoms with E-state index in [9.17, 15) is 4.79 Å². The van der Waals surface area contributed by atoms with Gasteiger partial charge in [-0.1, -0.05) is 11.6 Å². The molecule has 1 aliphatic rings. The van der Waals surface area contributed by atoms with Gasteiger partial charge in [-0.25, -0.2) is 14.8 Å². The van der Waals surface area contributed by atoms with Crippen LogP contribution in [0, 0.1) is 0 Å². The quantitative estimate of drug-likeness (QED) is 0.378. The zero-order chi connectivity index (χ0) is 26.2. The van der Waals surface area contributed by atoms with Crippen molar-refractivity contribution in [3.05, 3.63) is 41.7 Å². The molecule has 3 aromatic rings. The van der Waals surface area contributed by atoms with Crippen LogP contribution < -0.4 is 19.5 Å². The average Bonchev–Trinajstić information content (AvgIpc) is 2.90. The van der Waals surface area contributed by atoms with Crippen molar-refractivity contribution in [2.75, 3.05) is 66.0 Å². The number of unbranched alkanes of at least 4 members (excludes halogenated alkanes) is 1. The Kier molecular flexibility index (Phi) is 9.21. The van der Waals surface area contributed by atoms with E-state index in [0.717, 1.165) is 45.7 Å². The lowest BCUT2D eigenvalue weighted by Gasteiger charge is -2.26. The molecule has 1 saturated heterocycles. The lowest BCUT2D eigenvalue weighted by atomic mass is 10.2. The molecule has 0 aliphatic carbocycles. The average molecular weight is 530 g/mol. The van der Waals surface area contributed by atoms with Gasteiger partial charge in [0, 0.05) is 39.3 Å². The van der Waals surface area contributed by atoms with E-state index < -0.39 is 0 Å². The molecule has 37 heavy (non-hydrogen) atoms. The van der Waals surface area contributed by atoms with E-state index in [2.05, 4.69) is 20.2 Å². The summed E-state index contributed by atoms with van der Waals surface area (Å²) in [6.45, 7) is 5.23. The van der Waals surface area contributed by atoms with Crippen molar-refractivity contribution >= 4 is 34.2 Å². The zero-order valence-corrected chi connectivity index (χ0v) is 22.1. The van der Waals surface area contributed by atoms with E-state index in [1.165, 1.54) is 11.2 Å². The summed E-state index contributed by atoms with van der Waals surface area (Å²) >= 11 is 6.36. The van der Waals surface area contributed by atoms with Crippen LogP contribution in [0.15, 0.2) is 36.7 Å². The van der Waals surface area contributed by atoms with E-state index in [0.29, 0.717) is 51.3 Å². The van der Waals surface area contributed by atoms with Crippen LogP contribution in [0.4, 0.5) is 10.5 Å². The molecule has 1 aromatic heterocycles. The van der Waals surface area contributed by atoms with Gasteiger partial charge in [0.05, 0.1) is 48.5 Å². The van der Waals surface area contributed by atoms with Crippen molar-refractivity contribution in [2.45, 2.75) is 12.8 Å². The van der Waals surface area contributed by atoms with E-state index in [-0.39, 0.29) is 6.03 Å². The zero-order valence-electron chi connectivity index (χ0n) is 21.3. The molecule has 0 bridgehead atoms. The van der Waals surface area contributed by atoms with Crippen LogP contribution in [0.3, 0.4) is 0 Å². The molecule has 198 valence electrons. The van der Waals surface area contributed by atoms with Crippen molar-refractivity contribution in [3.8, 4) is 23.1 Å². The maximum absolute atomic E-state index is 11.9. The number of fused-ring (bicyclic) bond motifs is 1. The van der Waals surface area contributed by atoms with E-state index in [1.54, 1.807) is 45.5 Å². The number of hydrogen-bond acceptors (Lipinski definition) is 8. The van der Waals surface area contributed by atoms with Crippen molar-refractivity contribution in [3.63, 3.8) is 0 Å². The van der Waals surface area contributed by atoms with Gasteiger partial charge in [0.15, 0.2) is 11.5 Å². The Morgan fingerprint density at radius 3 is 2.68 bits per heavy atom. The number of benzene rings is 2. The van der Waals surface area contributed by atoms with Gasteiger partial charge in [0.1, 0.15) is 12.1 Å². The summed E-state index contributed by atoms with van der Waals surface area (Å²) < 4.78 is 23.0. The lowest BCUT2D eigenvalue weighted by Crippen LogP contribution is -2.36. The number of carbonyl (C=O) groups excluding carboxylic acids is 1. The molecule has 0 spiro atoms. The molecule has 0 atom stereocenters. The first kappa shape index (κ1) is 26.7. The van der Waals surface area contributed by atoms with Gasteiger partial charge in [-0.05, 0) is 37.6 Å². The van der Waals surface area contributed by atoms with E-state index >= 15 is 0 Å². The normalized spacial score (nSPS) is 13.8. The number of ether oxygens (including phenoxy) is 4. The maximum atomic E-state index is 11.9. The molecule has 0 unspecified atom stereocenters. The second kappa shape index (κ2) is 12.8. The van der Waals surface area contributed by atoms with Crippen LogP contribution in [0.2, 0.25) is 5.02 Å². The number of morpholine rings is 1. The van der Waals surface area contributed by atoms with Crippen LogP contribution in [-0.2, 0) is 4.74 Å². The monoisotopic (exact) mass is 529 g/mol. The molecule has 1 aliphatic heterocycles. The Morgan fingerprint density at radius 1 is 1.14 bits per heavy atom. The summed E-state index contributed by atoms with van der Waals surface area (Å²) in [4.78, 5) is 24.4. The fourth-order valence-corrected chi connectivity index (χ4v) is 4.06. The highest BCUT2D eigenvalue weighted by Crippen LogP contribution is 2.37. The summed E-state index contributed by atoms with van der Waals surface area (Å²) in [5.74, 6) is 2.00. The molecule has 2 heterocycles. The first-order valence-electron chi connectivity index (χ1n) is 12.2. The van der Waals surface area contributed by atoms with Crippen molar-refractivity contribution < 1.29 is 23.7 Å². The van der Waals surface area contributed by atoms with Crippen molar-refractivity contribution in [1.82, 2.24) is 19.8 Å². The van der Waals surface area contributed by atoms with Crippen LogP contribution >= 0.6 is 11.6 Å². The summed E-state index contributed by atoms with van der Waals surface area (Å²) in [5.41, 5.74) is 1.14. The Balaban J connectivity index is 1.42. The molecule has 2 amide bonds. The summed E-state index contributed by atoms with van der Waals surface area (Å²) in [6, 6.07) is 8.36. The van der Waals surface area contributed by atoms with Gasteiger partial charge >= 0.3 is 6.03 Å². The summed E-state index contributed by atoms with van der Waals surface area (Å²) in [7, 11) is 4.90. The van der Waals surface area contributed by atoms with Crippen LogP contribution in [0.25, 0.3) is 10.9 Å². The topological polar surface area (TPSA) is 98.3 Å². The number of methoxy groups -OCH3 is 1. The molecule has 10 nitrogen and oxygen atoms in total. The van der Waals surface area contributed by atoms with Gasteiger partial charge in [-0.2, -0.15) is 0 Å². The predicted molar refractivity (Wildman–Crippen MR) is 142 cm³/mol. The molecule has 11 heteroatoms. The minimum Gasteiger partial charge on any atom is -0.493 e. The Hall–Kier alpha value is -3.34. The Bertz CT molecular complexity index is 1220. The second-order valence-corrected chi connectivity index (χ2v) is 9.18. The Labute approximate surface area is 221 Å². The molecular formula is C26H32ClN5O5. The van der Waals surface area contributed by atoms with Crippen LogP contribution in [0.5, 0.6) is 23.1 Å². The first-order chi connectivity index (χ1) is 17.9. The highest BCUT2D eigenvalue weighted by molar-refractivity contribution is 6.33. The largest absolute Gasteiger partial charge is 0.493 e. The smallest absolute Gasteiger partial charge is 0.321 e. The Morgan fingerprint density at radius 2 is 1.95 bits per heavy atom. The van der Waals surface area contributed by atoms with Crippen LogP contribution in [0.1, 0.15) is 12.8 Å². The first-order valence-corrected chi connectivity index (χ1v) is 12.5. The number of amides is 2. The number of carbonyl (C=O) groups is 1. The van der Waals surface area contributed by atoms with Gasteiger partial charge in [-0.15, -0.1) is 0 Å². The van der Waals surface area contributed by atoms with Crippen LogP contribution in [-0.4, -0.2) is 86.5 Å². The number of nitrogens with zero attached hydrogens (tertiary/aromatic N) is 4. The number of hydrogen-bond donors (Lipinski definition) is 1. The van der Waals surface area contributed by atoms with Gasteiger partial charge in [0.2, 0.25) is 5.88 Å². The SMILES string of the molecule is COc1cc2c(Oc3ccc(NC(=O)N(C)C)c(Cl)c3)ncnc2cc1OCCCCN1CCOCC1. The molecule has 1 fully saturated rings. The minimum absolute atomic E-state index is 0.278. The number of halogens is 1. The fraction of sp³-hybridized carbons (Fsp3) is 0.423. The van der Waals surface area contributed by atoms with Gasteiger partial charge < -0.3 is 29.2 Å². The number of aromatic nitrogens is 2. The fourth-order valence-electron chi connectivity index (χ4n) is 3.84. The van der Waals surface area contributed by atoms with Gasteiger partial charge in [-0.3, -0.25) is 4.90 Å². The summed E-state index contributed by atoms with van der Waals surface area (Å²) in [6.07, 6.45) is 3.42. The predicted octanol–water partition coefficient (Wildman–Crippen LogP) is 4.67. The van der Waals surface area contributed by atoms with Crippen molar-refractivity contribution in [2.24, 2.45) is 0 Å². The molecule has 0 saturated carbocycles. The lowest BCUT2D eigenvalue weighted by molar-refractivity contribution is 0.0368. The van der Waals surface area contributed by atoms with Crippen molar-refractivity contribution in [1.29, 1.82) is 0 Å². The highest BCUT2D eigenvalue weighted by atomic mass is 35.5. The maximum Gasteiger partial charge on any atom is 0.321 e. The molecule has 4 rings (SSSR count). The van der Waals surface area contributed by atoms with E-state index in [1.807, 2.05) is 6.07 Å². The molecule has 0 radical (unpaired) electrons. The number of nitrogens with one attached hydrogen (secondary N) is 1. The van der Waals surface area contributed by atoms with Gasteiger partial charge in [0.25, 0.3) is 0 Å². The third kappa shape index (κ3) is 7.12. The number of anilines is 1. The summed E-state index contributed by atoms with van der Waals surface area (Å²) in [5, 5.41) is 3.74. The minimum atomic E-state index is -0.278. The highest BCUT2D eigenvalue weighted by Gasteiger charge is 2.15. The molecule has 1 N–H and O–H groups in total. The second-order valence-electron chi connectivity index (χ2n) is 8.78. The molecule has 2 aromatic carbocycles. The number of urea groups is 1. The standard InChI is InChI=1S/C26H32ClN5O5/c1-31(2)26(33)30-21-7-6-18(14-20(21)27)37-25-19-15-23(34-3)24(16-22(19)28-17-29-25)36-11-5-4-8-32-9-12-35-13-10-32/h6-7,14-17H,4-5,8-13H2,1-3H3,(H,30,33). The third-order valence-corrected chi connectivity index (χ3v) is 6.23. The number of rotatable bonds is 10. The third-order valence-electron chi connectivity index (χ3n) is 5.92.